The van der Waals surface area contributed by atoms with Crippen LogP contribution in [0, 0.1) is 12.8 Å². The standard InChI is InChI=1S/C14H20N2O2/c1-9-5-4-6-16(11(9)3)13-10(2)7-12(8-15-13)14(17)18/h7-9,11H,4-6H2,1-3H3,(H,17,18). The van der Waals surface area contributed by atoms with Gasteiger partial charge in [-0.15, -0.1) is 0 Å². The molecule has 0 radical (unpaired) electrons. The largest absolute Gasteiger partial charge is 0.478 e. The Labute approximate surface area is 108 Å². The third kappa shape index (κ3) is 2.33. The van der Waals surface area contributed by atoms with Crippen LogP contribution in [0.4, 0.5) is 5.82 Å². The van der Waals surface area contributed by atoms with Crippen molar-refractivity contribution in [2.24, 2.45) is 5.92 Å². The highest BCUT2D eigenvalue weighted by Gasteiger charge is 2.26. The molecule has 1 aliphatic rings. The summed E-state index contributed by atoms with van der Waals surface area (Å²) in [4.78, 5) is 17.6. The van der Waals surface area contributed by atoms with Gasteiger partial charge in [-0.2, -0.15) is 0 Å². The Morgan fingerprint density at radius 2 is 2.22 bits per heavy atom. The lowest BCUT2D eigenvalue weighted by atomic mass is 9.92. The Bertz CT molecular complexity index is 459. The summed E-state index contributed by atoms with van der Waals surface area (Å²) in [7, 11) is 0. The number of aryl methyl sites for hydroxylation is 1. The molecule has 0 bridgehead atoms. The van der Waals surface area contributed by atoms with Crippen molar-refractivity contribution in [3.63, 3.8) is 0 Å². The Hall–Kier alpha value is -1.58. The minimum Gasteiger partial charge on any atom is -0.478 e. The van der Waals surface area contributed by atoms with E-state index in [-0.39, 0.29) is 5.56 Å². The van der Waals surface area contributed by atoms with Gasteiger partial charge in [-0.1, -0.05) is 6.92 Å². The normalized spacial score (nSPS) is 24.1. The van der Waals surface area contributed by atoms with Crippen molar-refractivity contribution in [3.8, 4) is 0 Å². The number of nitrogens with zero attached hydrogens (tertiary/aromatic N) is 2. The molecule has 1 saturated heterocycles. The summed E-state index contributed by atoms with van der Waals surface area (Å²) in [5.41, 5.74) is 1.20. The predicted octanol–water partition coefficient (Wildman–Crippen LogP) is 2.71. The first-order chi connectivity index (χ1) is 8.50. The summed E-state index contributed by atoms with van der Waals surface area (Å²) in [5.74, 6) is 0.662. The maximum Gasteiger partial charge on any atom is 0.337 e. The fourth-order valence-electron chi connectivity index (χ4n) is 2.62. The van der Waals surface area contributed by atoms with Crippen molar-refractivity contribution >= 4 is 11.8 Å². The lowest BCUT2D eigenvalue weighted by Gasteiger charge is -2.39. The van der Waals surface area contributed by atoms with Crippen LogP contribution in [0.25, 0.3) is 0 Å². The van der Waals surface area contributed by atoms with Gasteiger partial charge in [-0.25, -0.2) is 9.78 Å². The molecule has 2 rings (SSSR count). The van der Waals surface area contributed by atoms with Crippen LogP contribution >= 0.6 is 0 Å². The Kier molecular flexibility index (Phi) is 3.55. The molecular weight excluding hydrogens is 228 g/mol. The lowest BCUT2D eigenvalue weighted by molar-refractivity contribution is 0.0696. The number of carbonyl (C=O) groups is 1. The molecule has 0 amide bonds. The van der Waals surface area contributed by atoms with E-state index in [1.165, 1.54) is 19.0 Å². The maximum absolute atomic E-state index is 10.9. The second-order valence-corrected chi connectivity index (χ2v) is 5.22. The van der Waals surface area contributed by atoms with E-state index in [2.05, 4.69) is 23.7 Å². The number of piperidine rings is 1. The van der Waals surface area contributed by atoms with Crippen LogP contribution in [-0.4, -0.2) is 28.6 Å². The minimum atomic E-state index is -0.919. The van der Waals surface area contributed by atoms with Crippen molar-refractivity contribution in [2.75, 3.05) is 11.4 Å². The Morgan fingerprint density at radius 1 is 1.50 bits per heavy atom. The van der Waals surface area contributed by atoms with Gasteiger partial charge in [-0.3, -0.25) is 0 Å². The second-order valence-electron chi connectivity index (χ2n) is 5.22. The number of anilines is 1. The second kappa shape index (κ2) is 4.96. The Balaban J connectivity index is 2.30. The van der Waals surface area contributed by atoms with E-state index < -0.39 is 5.97 Å². The summed E-state index contributed by atoms with van der Waals surface area (Å²) < 4.78 is 0. The lowest BCUT2D eigenvalue weighted by Crippen LogP contribution is -2.43. The first-order valence-corrected chi connectivity index (χ1v) is 6.47. The molecule has 1 fully saturated rings. The van der Waals surface area contributed by atoms with Crippen molar-refractivity contribution in [1.82, 2.24) is 4.98 Å². The molecule has 4 nitrogen and oxygen atoms in total. The highest BCUT2D eigenvalue weighted by molar-refractivity contribution is 5.87. The quantitative estimate of drug-likeness (QED) is 0.874. The van der Waals surface area contributed by atoms with Gasteiger partial charge in [0.2, 0.25) is 0 Å². The number of hydrogen-bond acceptors (Lipinski definition) is 3. The molecule has 2 unspecified atom stereocenters. The molecule has 4 heteroatoms. The molecule has 98 valence electrons. The zero-order valence-electron chi connectivity index (χ0n) is 11.2. The van der Waals surface area contributed by atoms with E-state index in [1.807, 2.05) is 6.92 Å². The fraction of sp³-hybridized carbons (Fsp3) is 0.571. The number of aromatic carboxylic acids is 1. The molecule has 2 heterocycles. The van der Waals surface area contributed by atoms with Crippen molar-refractivity contribution < 1.29 is 9.90 Å². The summed E-state index contributed by atoms with van der Waals surface area (Å²) in [5, 5.41) is 8.95. The Morgan fingerprint density at radius 3 is 2.83 bits per heavy atom. The molecule has 1 aromatic rings. The molecule has 0 spiro atoms. The van der Waals surface area contributed by atoms with Gasteiger partial charge < -0.3 is 10.0 Å². The van der Waals surface area contributed by atoms with E-state index in [4.69, 9.17) is 5.11 Å². The summed E-state index contributed by atoms with van der Waals surface area (Å²) in [6.45, 7) is 7.42. The maximum atomic E-state index is 10.9. The van der Waals surface area contributed by atoms with Crippen LogP contribution in [0.2, 0.25) is 0 Å². The monoisotopic (exact) mass is 248 g/mol. The average molecular weight is 248 g/mol. The van der Waals surface area contributed by atoms with Crippen molar-refractivity contribution in [1.29, 1.82) is 0 Å². The summed E-state index contributed by atoms with van der Waals surface area (Å²) in [6, 6.07) is 2.16. The zero-order chi connectivity index (χ0) is 13.3. The van der Waals surface area contributed by atoms with Crippen molar-refractivity contribution in [3.05, 3.63) is 23.4 Å². The van der Waals surface area contributed by atoms with Crippen LogP contribution in [0.15, 0.2) is 12.3 Å². The number of carboxylic acids is 1. The highest BCUT2D eigenvalue weighted by atomic mass is 16.4. The third-order valence-electron chi connectivity index (χ3n) is 3.94. The number of aromatic nitrogens is 1. The van der Waals surface area contributed by atoms with E-state index in [0.29, 0.717) is 12.0 Å². The van der Waals surface area contributed by atoms with Gasteiger partial charge in [0.05, 0.1) is 5.56 Å². The average Bonchev–Trinajstić information content (AvgIpc) is 2.33. The SMILES string of the molecule is Cc1cc(C(=O)O)cnc1N1CCCC(C)C1C. The fourth-order valence-corrected chi connectivity index (χ4v) is 2.62. The van der Waals surface area contributed by atoms with E-state index in [1.54, 1.807) is 6.07 Å². The van der Waals surface area contributed by atoms with Gasteiger partial charge >= 0.3 is 5.97 Å². The number of rotatable bonds is 2. The third-order valence-corrected chi connectivity index (χ3v) is 3.94. The van der Waals surface area contributed by atoms with Gasteiger partial charge in [0.25, 0.3) is 0 Å². The molecule has 0 saturated carbocycles. The van der Waals surface area contributed by atoms with E-state index in [9.17, 15) is 4.79 Å². The molecule has 18 heavy (non-hydrogen) atoms. The van der Waals surface area contributed by atoms with Gasteiger partial charge in [0, 0.05) is 18.8 Å². The van der Waals surface area contributed by atoms with Crippen LogP contribution in [-0.2, 0) is 0 Å². The number of hydrogen-bond donors (Lipinski definition) is 1. The first kappa shape index (κ1) is 12.9. The molecule has 1 N–H and O–H groups in total. The topological polar surface area (TPSA) is 53.4 Å². The smallest absolute Gasteiger partial charge is 0.337 e. The van der Waals surface area contributed by atoms with Gasteiger partial charge in [0.1, 0.15) is 5.82 Å². The zero-order valence-corrected chi connectivity index (χ0v) is 11.2. The van der Waals surface area contributed by atoms with Crippen molar-refractivity contribution in [2.45, 2.75) is 39.7 Å². The van der Waals surface area contributed by atoms with Crippen LogP contribution < -0.4 is 4.90 Å². The molecular formula is C14H20N2O2. The molecule has 2 atom stereocenters. The summed E-state index contributed by atoms with van der Waals surface area (Å²) >= 11 is 0. The molecule has 0 aliphatic carbocycles. The first-order valence-electron chi connectivity index (χ1n) is 6.47. The van der Waals surface area contributed by atoms with E-state index in [0.717, 1.165) is 17.9 Å². The minimum absolute atomic E-state index is 0.258. The highest BCUT2D eigenvalue weighted by Crippen LogP contribution is 2.29. The predicted molar refractivity (Wildman–Crippen MR) is 71.1 cm³/mol. The molecule has 1 aliphatic heterocycles. The number of pyridine rings is 1. The molecule has 0 aromatic carbocycles. The van der Waals surface area contributed by atoms with Gasteiger partial charge in [0.15, 0.2) is 0 Å². The van der Waals surface area contributed by atoms with Crippen LogP contribution in [0.5, 0.6) is 0 Å². The van der Waals surface area contributed by atoms with E-state index >= 15 is 0 Å². The number of carboxylic acid groups (broad SMARTS) is 1. The van der Waals surface area contributed by atoms with Crippen LogP contribution in [0.3, 0.4) is 0 Å². The van der Waals surface area contributed by atoms with Gasteiger partial charge in [-0.05, 0) is 44.2 Å². The summed E-state index contributed by atoms with van der Waals surface area (Å²) in [6.07, 6.45) is 3.88. The molecule has 1 aromatic heterocycles. The van der Waals surface area contributed by atoms with Crippen LogP contribution in [0.1, 0.15) is 42.6 Å².